The molecule has 0 bridgehead atoms. The highest BCUT2D eigenvalue weighted by Crippen LogP contribution is 2.22. The molecule has 1 aliphatic rings. The summed E-state index contributed by atoms with van der Waals surface area (Å²) in [5, 5.41) is 0.823. The molecule has 0 amide bonds. The van der Waals surface area contributed by atoms with Gasteiger partial charge >= 0.3 is 0 Å². The standard InChI is InChI=1S/C16H26N2S/c1-3-15-12-18(10-11-19-15)9-8-16(17)14-6-4-13(2)5-7-14/h4-7,15-16H,3,8-12,17H2,1-2H3. The van der Waals surface area contributed by atoms with Gasteiger partial charge in [0, 0.05) is 36.7 Å². The van der Waals surface area contributed by atoms with Crippen LogP contribution in [-0.4, -0.2) is 35.5 Å². The summed E-state index contributed by atoms with van der Waals surface area (Å²) in [5.41, 5.74) is 8.87. The van der Waals surface area contributed by atoms with E-state index in [-0.39, 0.29) is 6.04 Å². The van der Waals surface area contributed by atoms with Gasteiger partial charge in [0.2, 0.25) is 0 Å². The van der Waals surface area contributed by atoms with Gasteiger partial charge in [-0.25, -0.2) is 0 Å². The van der Waals surface area contributed by atoms with Gasteiger partial charge in [0.05, 0.1) is 0 Å². The lowest BCUT2D eigenvalue weighted by atomic mass is 10.0. The van der Waals surface area contributed by atoms with Gasteiger partial charge in [-0.15, -0.1) is 0 Å². The van der Waals surface area contributed by atoms with Crippen molar-refractivity contribution in [1.82, 2.24) is 4.90 Å². The molecule has 1 saturated heterocycles. The first-order valence-electron chi connectivity index (χ1n) is 7.35. The van der Waals surface area contributed by atoms with E-state index in [1.54, 1.807) is 0 Å². The molecule has 2 N–H and O–H groups in total. The highest BCUT2D eigenvalue weighted by molar-refractivity contribution is 8.00. The average molecular weight is 278 g/mol. The average Bonchev–Trinajstić information content (AvgIpc) is 2.46. The third-order valence-corrected chi connectivity index (χ3v) is 5.31. The smallest absolute Gasteiger partial charge is 0.0307 e. The molecule has 1 aliphatic heterocycles. The summed E-state index contributed by atoms with van der Waals surface area (Å²) >= 11 is 2.13. The van der Waals surface area contributed by atoms with E-state index in [0.29, 0.717) is 0 Å². The molecule has 2 unspecified atom stereocenters. The second kappa shape index (κ2) is 7.32. The minimum Gasteiger partial charge on any atom is -0.324 e. The zero-order valence-corrected chi connectivity index (χ0v) is 13.0. The van der Waals surface area contributed by atoms with Crippen molar-refractivity contribution < 1.29 is 0 Å². The van der Waals surface area contributed by atoms with Gasteiger partial charge in [0.1, 0.15) is 0 Å². The van der Waals surface area contributed by atoms with Crippen LogP contribution in [0.1, 0.15) is 36.9 Å². The van der Waals surface area contributed by atoms with E-state index in [9.17, 15) is 0 Å². The van der Waals surface area contributed by atoms with E-state index in [1.165, 1.54) is 36.4 Å². The van der Waals surface area contributed by atoms with Crippen LogP contribution in [0.4, 0.5) is 0 Å². The Morgan fingerprint density at radius 3 is 2.79 bits per heavy atom. The molecule has 2 nitrogen and oxygen atoms in total. The lowest BCUT2D eigenvalue weighted by Crippen LogP contribution is -2.39. The maximum Gasteiger partial charge on any atom is 0.0307 e. The summed E-state index contributed by atoms with van der Waals surface area (Å²) < 4.78 is 0. The molecular weight excluding hydrogens is 252 g/mol. The number of thioether (sulfide) groups is 1. The first-order chi connectivity index (χ1) is 9.19. The number of aryl methyl sites for hydroxylation is 1. The third kappa shape index (κ3) is 4.51. The predicted molar refractivity (Wildman–Crippen MR) is 85.7 cm³/mol. The maximum atomic E-state index is 6.30. The zero-order chi connectivity index (χ0) is 13.7. The molecule has 0 aromatic heterocycles. The van der Waals surface area contributed by atoms with Crippen molar-refractivity contribution in [3.05, 3.63) is 35.4 Å². The predicted octanol–water partition coefficient (Wildman–Crippen LogP) is 3.21. The minimum atomic E-state index is 0.176. The van der Waals surface area contributed by atoms with E-state index in [4.69, 9.17) is 5.73 Å². The number of benzene rings is 1. The van der Waals surface area contributed by atoms with E-state index in [2.05, 4.69) is 54.8 Å². The Labute approximate surface area is 121 Å². The topological polar surface area (TPSA) is 29.3 Å². The van der Waals surface area contributed by atoms with Gasteiger partial charge in [0.25, 0.3) is 0 Å². The molecular formula is C16H26N2S. The Hall–Kier alpha value is -0.510. The molecule has 1 heterocycles. The highest BCUT2D eigenvalue weighted by Gasteiger charge is 2.19. The van der Waals surface area contributed by atoms with Crippen LogP contribution in [-0.2, 0) is 0 Å². The van der Waals surface area contributed by atoms with Crippen LogP contribution in [0, 0.1) is 6.92 Å². The Kier molecular flexibility index (Phi) is 5.74. The van der Waals surface area contributed by atoms with Crippen LogP contribution in [0.15, 0.2) is 24.3 Å². The SMILES string of the molecule is CCC1CN(CCC(N)c2ccc(C)cc2)CCS1. The van der Waals surface area contributed by atoms with Crippen LogP contribution >= 0.6 is 11.8 Å². The summed E-state index contributed by atoms with van der Waals surface area (Å²) in [5.74, 6) is 1.28. The molecule has 3 heteroatoms. The summed E-state index contributed by atoms with van der Waals surface area (Å²) in [6.45, 7) is 8.00. The molecule has 2 rings (SSSR count). The van der Waals surface area contributed by atoms with Crippen molar-refractivity contribution in [3.63, 3.8) is 0 Å². The van der Waals surface area contributed by atoms with Crippen molar-refractivity contribution in [3.8, 4) is 0 Å². The molecule has 106 valence electrons. The minimum absolute atomic E-state index is 0.176. The van der Waals surface area contributed by atoms with Gasteiger partial charge in [-0.3, -0.25) is 0 Å². The largest absolute Gasteiger partial charge is 0.324 e. The van der Waals surface area contributed by atoms with Crippen molar-refractivity contribution >= 4 is 11.8 Å². The molecule has 1 aromatic carbocycles. The van der Waals surface area contributed by atoms with Crippen molar-refractivity contribution in [2.75, 3.05) is 25.4 Å². The molecule has 0 aliphatic carbocycles. The fourth-order valence-corrected chi connectivity index (χ4v) is 3.78. The second-order valence-corrected chi connectivity index (χ2v) is 6.92. The highest BCUT2D eigenvalue weighted by atomic mass is 32.2. The van der Waals surface area contributed by atoms with Crippen molar-refractivity contribution in [1.29, 1.82) is 0 Å². The van der Waals surface area contributed by atoms with Crippen LogP contribution in [0.3, 0.4) is 0 Å². The third-order valence-electron chi connectivity index (χ3n) is 3.94. The van der Waals surface area contributed by atoms with E-state index in [1.807, 2.05) is 0 Å². The van der Waals surface area contributed by atoms with Crippen LogP contribution in [0.2, 0.25) is 0 Å². The van der Waals surface area contributed by atoms with Gasteiger partial charge in [0.15, 0.2) is 0 Å². The summed E-state index contributed by atoms with van der Waals surface area (Å²) in [6.07, 6.45) is 2.34. The molecule has 19 heavy (non-hydrogen) atoms. The number of nitrogens with two attached hydrogens (primary N) is 1. The van der Waals surface area contributed by atoms with Crippen LogP contribution in [0.25, 0.3) is 0 Å². The molecule has 1 fully saturated rings. The van der Waals surface area contributed by atoms with E-state index in [0.717, 1.165) is 18.2 Å². The number of hydrogen-bond acceptors (Lipinski definition) is 3. The fourth-order valence-electron chi connectivity index (χ4n) is 2.53. The quantitative estimate of drug-likeness (QED) is 0.897. The van der Waals surface area contributed by atoms with Gasteiger partial charge < -0.3 is 10.6 Å². The number of rotatable bonds is 5. The second-order valence-electron chi connectivity index (χ2n) is 5.51. The van der Waals surface area contributed by atoms with Gasteiger partial charge in [-0.05, 0) is 25.3 Å². The Morgan fingerprint density at radius 1 is 1.37 bits per heavy atom. The number of hydrogen-bond donors (Lipinski definition) is 1. The Balaban J connectivity index is 1.79. The van der Waals surface area contributed by atoms with Crippen LogP contribution < -0.4 is 5.73 Å². The zero-order valence-electron chi connectivity index (χ0n) is 12.1. The summed E-state index contributed by atoms with van der Waals surface area (Å²) in [7, 11) is 0. The normalized spacial score (nSPS) is 22.4. The first kappa shape index (κ1) is 14.9. The summed E-state index contributed by atoms with van der Waals surface area (Å²) in [6, 6.07) is 8.82. The Morgan fingerprint density at radius 2 is 2.11 bits per heavy atom. The molecule has 0 spiro atoms. The van der Waals surface area contributed by atoms with Crippen molar-refractivity contribution in [2.24, 2.45) is 5.73 Å². The molecule has 0 saturated carbocycles. The molecule has 1 aromatic rings. The lowest BCUT2D eigenvalue weighted by Gasteiger charge is -2.32. The summed E-state index contributed by atoms with van der Waals surface area (Å²) in [4.78, 5) is 2.58. The van der Waals surface area contributed by atoms with E-state index < -0.39 is 0 Å². The van der Waals surface area contributed by atoms with Crippen LogP contribution in [0.5, 0.6) is 0 Å². The monoisotopic (exact) mass is 278 g/mol. The molecule has 0 radical (unpaired) electrons. The fraction of sp³-hybridized carbons (Fsp3) is 0.625. The maximum absolute atomic E-state index is 6.30. The first-order valence-corrected chi connectivity index (χ1v) is 8.40. The van der Waals surface area contributed by atoms with E-state index >= 15 is 0 Å². The number of nitrogens with zero attached hydrogens (tertiary/aromatic N) is 1. The lowest BCUT2D eigenvalue weighted by molar-refractivity contribution is 0.270. The van der Waals surface area contributed by atoms with Gasteiger partial charge in [-0.1, -0.05) is 36.8 Å². The molecule has 2 atom stereocenters. The van der Waals surface area contributed by atoms with Crippen molar-refractivity contribution in [2.45, 2.75) is 38.0 Å². The van der Waals surface area contributed by atoms with Gasteiger partial charge in [-0.2, -0.15) is 11.8 Å². The Bertz CT molecular complexity index is 377.